The number of carboxylic acid groups (broad SMARTS) is 1. The number of anilines is 1. The molecule has 1 aliphatic heterocycles. The Morgan fingerprint density at radius 3 is 2.27 bits per heavy atom. The summed E-state index contributed by atoms with van der Waals surface area (Å²) in [6.07, 6.45) is -11.7. The van der Waals surface area contributed by atoms with Crippen molar-refractivity contribution in [3.63, 3.8) is 0 Å². The van der Waals surface area contributed by atoms with Gasteiger partial charge in [0.25, 0.3) is 0 Å². The molecule has 10 N–H and O–H groups in total. The third-order valence-electron chi connectivity index (χ3n) is 4.06. The number of hydrogen-bond donors (Lipinski definition) is 9. The van der Waals surface area contributed by atoms with Gasteiger partial charge >= 0.3 is 11.7 Å². The zero-order valence-corrected chi connectivity index (χ0v) is 15.2. The van der Waals surface area contributed by atoms with Gasteiger partial charge in [0.15, 0.2) is 18.6 Å². The summed E-state index contributed by atoms with van der Waals surface area (Å²) >= 11 is 0. The maximum Gasteiger partial charge on any atom is 0.351 e. The smallest absolute Gasteiger partial charge is 0.351 e. The van der Waals surface area contributed by atoms with Crippen molar-refractivity contribution in [2.75, 3.05) is 12.3 Å². The van der Waals surface area contributed by atoms with Gasteiger partial charge in [-0.2, -0.15) is 4.98 Å². The molecule has 30 heavy (non-hydrogen) atoms. The van der Waals surface area contributed by atoms with Gasteiger partial charge in [0.1, 0.15) is 42.4 Å². The van der Waals surface area contributed by atoms with Gasteiger partial charge in [0.05, 0.1) is 6.61 Å². The predicted molar refractivity (Wildman–Crippen MR) is 93.6 cm³/mol. The van der Waals surface area contributed by atoms with Crippen LogP contribution < -0.4 is 11.4 Å². The van der Waals surface area contributed by atoms with Crippen LogP contribution in [-0.4, -0.2) is 112 Å². The minimum atomic E-state index is -2.25. The van der Waals surface area contributed by atoms with Crippen molar-refractivity contribution in [2.24, 2.45) is 0 Å². The van der Waals surface area contributed by atoms with Crippen LogP contribution in [0.2, 0.25) is 0 Å². The molecule has 8 atom stereocenters. The van der Waals surface area contributed by atoms with Crippen LogP contribution in [0.25, 0.3) is 0 Å². The van der Waals surface area contributed by atoms with Crippen molar-refractivity contribution in [1.29, 1.82) is 0 Å². The van der Waals surface area contributed by atoms with Crippen molar-refractivity contribution in [2.45, 2.75) is 49.0 Å². The highest BCUT2D eigenvalue weighted by Gasteiger charge is 2.43. The minimum absolute atomic E-state index is 0.0537. The molecule has 0 saturated carbocycles. The van der Waals surface area contributed by atoms with Gasteiger partial charge in [-0.1, -0.05) is 0 Å². The van der Waals surface area contributed by atoms with Crippen LogP contribution in [0.3, 0.4) is 0 Å². The maximum absolute atomic E-state index is 11.5. The van der Waals surface area contributed by atoms with Crippen LogP contribution in [0.1, 0.15) is 6.23 Å². The third kappa shape index (κ3) is 6.00. The summed E-state index contributed by atoms with van der Waals surface area (Å²) in [4.78, 5) is 34.9. The molecule has 0 aliphatic carbocycles. The van der Waals surface area contributed by atoms with Gasteiger partial charge in [-0.25, -0.2) is 9.59 Å². The molecule has 15 nitrogen and oxygen atoms in total. The van der Waals surface area contributed by atoms with Crippen LogP contribution in [0.4, 0.5) is 5.82 Å². The van der Waals surface area contributed by atoms with E-state index >= 15 is 0 Å². The molecular formula is C15H23N3O12. The summed E-state index contributed by atoms with van der Waals surface area (Å²) in [5.74, 6) is -1.71. The minimum Gasteiger partial charge on any atom is -0.479 e. The van der Waals surface area contributed by atoms with Gasteiger partial charge in [-0.3, -0.25) is 4.57 Å². The average Bonchev–Trinajstić information content (AvgIpc) is 3.00. The standard InChI is InChI=1S/C9H13N3O5.C6H10O7/c10-5-1-2-12(9(16)11-5)8-7(15)6(14)4(3-13)17-8;7-1-2(8)3(9)4(10)5(11)6(12)13/h1-2,4,6-8,13-15H,3H2,(H2,10,11,16);1-5,8-11H,(H,12,13)/t4-,6-,7+,8-;2-,3+,4-,5-/m10/s1. The Kier molecular flexibility index (Phi) is 9.40. The van der Waals surface area contributed by atoms with Gasteiger partial charge in [-0.05, 0) is 6.07 Å². The molecule has 1 fully saturated rings. The lowest BCUT2D eigenvalue weighted by Gasteiger charge is -2.21. The number of nitrogens with zero attached hydrogens (tertiary/aromatic N) is 2. The predicted octanol–water partition coefficient (Wildman–Crippen LogP) is -5.85. The van der Waals surface area contributed by atoms with E-state index in [-0.39, 0.29) is 12.1 Å². The van der Waals surface area contributed by atoms with Crippen LogP contribution >= 0.6 is 0 Å². The topological polar surface area (TPSA) is 266 Å². The van der Waals surface area contributed by atoms with E-state index in [1.54, 1.807) is 0 Å². The first-order valence-corrected chi connectivity index (χ1v) is 8.33. The molecule has 15 heteroatoms. The molecule has 0 spiro atoms. The van der Waals surface area contributed by atoms with Crippen molar-refractivity contribution < 1.29 is 55.2 Å². The summed E-state index contributed by atoms with van der Waals surface area (Å²) in [6, 6.07) is 1.37. The van der Waals surface area contributed by atoms with E-state index in [0.717, 1.165) is 4.57 Å². The zero-order valence-electron chi connectivity index (χ0n) is 15.2. The Labute approximate surface area is 167 Å². The van der Waals surface area contributed by atoms with Crippen LogP contribution in [0, 0.1) is 0 Å². The van der Waals surface area contributed by atoms with Gasteiger partial charge in [0, 0.05) is 6.20 Å². The number of aromatic nitrogens is 2. The molecule has 2 heterocycles. The van der Waals surface area contributed by atoms with E-state index in [1.807, 2.05) is 0 Å². The molecule has 0 aromatic carbocycles. The molecule has 1 aliphatic rings. The fraction of sp³-hybridized carbons (Fsp3) is 0.600. The largest absolute Gasteiger partial charge is 0.479 e. The SMILES string of the molecule is Nc1ccn([C@@H]2O[C@H](CO)[C@@H](O)[C@@H]2O)c(=O)n1.O=C[C@H](O)[C@@H](O)[C@H](O)[C@H](O)C(=O)O. The number of aldehydes is 1. The number of ether oxygens (including phenoxy) is 1. The number of rotatable bonds is 7. The molecule has 0 unspecified atom stereocenters. The summed E-state index contributed by atoms with van der Waals surface area (Å²) < 4.78 is 6.19. The second kappa shape index (κ2) is 11.0. The molecule has 1 aromatic heterocycles. The van der Waals surface area contributed by atoms with Crippen molar-refractivity contribution in [1.82, 2.24) is 9.55 Å². The molecule has 0 bridgehead atoms. The fourth-order valence-corrected chi connectivity index (χ4v) is 2.34. The average molecular weight is 437 g/mol. The molecular weight excluding hydrogens is 414 g/mol. The highest BCUT2D eigenvalue weighted by Crippen LogP contribution is 2.27. The van der Waals surface area contributed by atoms with Crippen molar-refractivity contribution in [3.05, 3.63) is 22.7 Å². The molecule has 1 aromatic rings. The number of carbonyl (C=O) groups is 2. The molecule has 170 valence electrons. The first-order chi connectivity index (χ1) is 14.0. The van der Waals surface area contributed by atoms with E-state index < -0.39 is 67.2 Å². The number of nitrogen functional groups attached to an aromatic ring is 1. The summed E-state index contributed by atoms with van der Waals surface area (Å²) in [5, 5.41) is 71.3. The number of aliphatic hydroxyl groups is 7. The number of aliphatic hydroxyl groups excluding tert-OH is 7. The summed E-state index contributed by atoms with van der Waals surface area (Å²) in [7, 11) is 0. The first kappa shape index (κ1) is 25.5. The number of hydrogen-bond acceptors (Lipinski definition) is 13. The Morgan fingerprint density at radius 1 is 1.23 bits per heavy atom. The second-order valence-corrected chi connectivity index (χ2v) is 6.16. The highest BCUT2D eigenvalue weighted by atomic mass is 16.6. The van der Waals surface area contributed by atoms with Crippen LogP contribution in [0.15, 0.2) is 17.1 Å². The maximum atomic E-state index is 11.5. The Balaban J connectivity index is 0.000000314. The Morgan fingerprint density at radius 2 is 1.83 bits per heavy atom. The van der Waals surface area contributed by atoms with Gasteiger partial charge in [0.2, 0.25) is 0 Å². The number of carbonyl (C=O) groups excluding carboxylic acids is 1. The van der Waals surface area contributed by atoms with Crippen molar-refractivity contribution in [3.8, 4) is 0 Å². The normalized spacial score (nSPS) is 27.3. The van der Waals surface area contributed by atoms with E-state index in [4.69, 9.17) is 41.1 Å². The Bertz CT molecular complexity index is 773. The number of nitrogens with two attached hydrogens (primary N) is 1. The van der Waals surface area contributed by atoms with E-state index in [0.29, 0.717) is 0 Å². The lowest BCUT2D eigenvalue weighted by Crippen LogP contribution is -2.48. The van der Waals surface area contributed by atoms with Crippen LogP contribution in [-0.2, 0) is 14.3 Å². The summed E-state index contributed by atoms with van der Waals surface area (Å²) in [6.45, 7) is -0.453. The van der Waals surface area contributed by atoms with E-state index in [9.17, 15) is 24.6 Å². The third-order valence-corrected chi connectivity index (χ3v) is 4.06. The first-order valence-electron chi connectivity index (χ1n) is 8.33. The zero-order chi connectivity index (χ0) is 23.2. The fourth-order valence-electron chi connectivity index (χ4n) is 2.34. The molecule has 1 saturated heterocycles. The second-order valence-electron chi connectivity index (χ2n) is 6.16. The lowest BCUT2D eigenvalue weighted by atomic mass is 10.0. The quantitative estimate of drug-likeness (QED) is 0.180. The number of aliphatic carboxylic acids is 1. The molecule has 0 amide bonds. The van der Waals surface area contributed by atoms with E-state index in [1.165, 1.54) is 12.3 Å². The Hall–Kier alpha value is -2.50. The lowest BCUT2D eigenvalue weighted by molar-refractivity contribution is -0.163. The monoisotopic (exact) mass is 437 g/mol. The molecule has 0 radical (unpaired) electrons. The summed E-state index contributed by atoms with van der Waals surface area (Å²) in [5.41, 5.74) is 4.63. The van der Waals surface area contributed by atoms with Crippen LogP contribution in [0.5, 0.6) is 0 Å². The van der Waals surface area contributed by atoms with Gasteiger partial charge in [-0.15, -0.1) is 0 Å². The van der Waals surface area contributed by atoms with Gasteiger partial charge < -0.3 is 56.1 Å². The highest BCUT2D eigenvalue weighted by molar-refractivity contribution is 5.73. The van der Waals surface area contributed by atoms with E-state index in [2.05, 4.69) is 4.98 Å². The number of carboxylic acids is 1. The van der Waals surface area contributed by atoms with Crippen molar-refractivity contribution >= 4 is 18.1 Å². The molecule has 2 rings (SSSR count).